The van der Waals surface area contributed by atoms with Crippen molar-refractivity contribution in [2.75, 3.05) is 0 Å². The van der Waals surface area contributed by atoms with Crippen molar-refractivity contribution in [3.8, 4) is 0 Å². The zero-order chi connectivity index (χ0) is 14.2. The van der Waals surface area contributed by atoms with E-state index in [-0.39, 0.29) is 6.10 Å². The summed E-state index contributed by atoms with van der Waals surface area (Å²) in [5.41, 5.74) is 1.93. The molecule has 0 aromatic carbocycles. The van der Waals surface area contributed by atoms with Crippen molar-refractivity contribution in [1.82, 2.24) is 0 Å². The van der Waals surface area contributed by atoms with Crippen LogP contribution in [0.3, 0.4) is 0 Å². The van der Waals surface area contributed by atoms with Gasteiger partial charge in [-0.3, -0.25) is 0 Å². The van der Waals surface area contributed by atoms with Gasteiger partial charge in [-0.05, 0) is 85.9 Å². The van der Waals surface area contributed by atoms with E-state index in [9.17, 15) is 5.11 Å². The Morgan fingerprint density at radius 2 is 1.95 bits per heavy atom. The van der Waals surface area contributed by atoms with E-state index in [1.165, 1.54) is 31.3 Å². The molecule has 1 nitrogen and oxygen atoms in total. The first-order valence-corrected chi connectivity index (χ1v) is 8.80. The maximum Gasteiger partial charge on any atom is 0.0579 e. The smallest absolute Gasteiger partial charge is 0.0579 e. The normalized spacial score (nSPS) is 60.4. The van der Waals surface area contributed by atoms with Crippen LogP contribution in [-0.4, -0.2) is 11.2 Å². The van der Waals surface area contributed by atoms with Gasteiger partial charge >= 0.3 is 0 Å². The molecular weight excluding hydrogens is 244 g/mol. The van der Waals surface area contributed by atoms with E-state index in [1.54, 1.807) is 0 Å². The number of aliphatic hydroxyl groups excluding tert-OH is 1. The van der Waals surface area contributed by atoms with Crippen LogP contribution in [0, 0.1) is 46.8 Å². The van der Waals surface area contributed by atoms with Gasteiger partial charge in [0.2, 0.25) is 0 Å². The molecule has 0 aromatic heterocycles. The fraction of sp³-hybridized carbons (Fsp3) is 0.895. The lowest BCUT2D eigenvalue weighted by Crippen LogP contribution is -2.69. The van der Waals surface area contributed by atoms with Crippen molar-refractivity contribution in [3.05, 3.63) is 12.2 Å². The molecular formula is C19H30O. The molecule has 5 fully saturated rings. The summed E-state index contributed by atoms with van der Waals surface area (Å²) in [4.78, 5) is 0. The van der Waals surface area contributed by atoms with E-state index in [0.717, 1.165) is 41.9 Å². The summed E-state index contributed by atoms with van der Waals surface area (Å²) >= 11 is 0. The van der Waals surface area contributed by atoms with Gasteiger partial charge in [0.15, 0.2) is 0 Å². The highest BCUT2D eigenvalue weighted by Gasteiger charge is 2.74. The maximum absolute atomic E-state index is 10.6. The molecule has 1 N–H and O–H groups in total. The molecule has 2 bridgehead atoms. The summed E-state index contributed by atoms with van der Waals surface area (Å²) in [6, 6.07) is 0. The zero-order valence-electron chi connectivity index (χ0n) is 13.3. The van der Waals surface area contributed by atoms with Crippen molar-refractivity contribution in [2.45, 2.75) is 59.0 Å². The molecule has 0 aliphatic heterocycles. The SMILES string of the molecule is C=C(C)C1CCC2CC3(C2C)C(C1)C1C(C)CC(O)C13. The van der Waals surface area contributed by atoms with Crippen LogP contribution in [0.2, 0.25) is 0 Å². The Bertz CT molecular complexity index is 441. The first kappa shape index (κ1) is 13.4. The van der Waals surface area contributed by atoms with E-state index in [0.29, 0.717) is 11.3 Å². The summed E-state index contributed by atoms with van der Waals surface area (Å²) in [6.45, 7) is 11.4. The Hall–Kier alpha value is -0.300. The Morgan fingerprint density at radius 1 is 1.20 bits per heavy atom. The van der Waals surface area contributed by atoms with Crippen molar-refractivity contribution in [2.24, 2.45) is 46.8 Å². The molecule has 112 valence electrons. The minimum atomic E-state index is -0.00245. The standard InChI is InChI=1S/C19H30O/c1-10(2)13-5-6-14-9-19(12(14)4)15(8-13)17-11(3)7-16(20)18(17)19/h11-18,20H,1,5-9H2,2-4H3. The molecule has 5 rings (SSSR count). The predicted octanol–water partition coefficient (Wildman–Crippen LogP) is 4.27. The molecule has 9 unspecified atom stereocenters. The van der Waals surface area contributed by atoms with Crippen molar-refractivity contribution >= 4 is 0 Å². The molecule has 0 saturated heterocycles. The number of hydrogen-bond acceptors (Lipinski definition) is 1. The lowest BCUT2D eigenvalue weighted by Gasteiger charge is -2.73. The van der Waals surface area contributed by atoms with Gasteiger partial charge in [-0.1, -0.05) is 26.0 Å². The molecule has 1 spiro atoms. The minimum Gasteiger partial charge on any atom is -0.393 e. The van der Waals surface area contributed by atoms with Crippen LogP contribution >= 0.6 is 0 Å². The third kappa shape index (κ3) is 1.39. The largest absolute Gasteiger partial charge is 0.393 e. The Labute approximate surface area is 123 Å². The molecule has 5 aliphatic carbocycles. The second-order valence-corrected chi connectivity index (χ2v) is 8.71. The summed E-state index contributed by atoms with van der Waals surface area (Å²) < 4.78 is 0. The second kappa shape index (κ2) is 4.12. The fourth-order valence-electron chi connectivity index (χ4n) is 7.19. The summed E-state index contributed by atoms with van der Waals surface area (Å²) in [7, 11) is 0. The first-order chi connectivity index (χ1) is 9.46. The third-order valence-corrected chi connectivity index (χ3v) is 8.17. The van der Waals surface area contributed by atoms with E-state index in [2.05, 4.69) is 27.4 Å². The average Bonchev–Trinajstić information content (AvgIpc) is 2.59. The Kier molecular flexibility index (Phi) is 2.76. The molecule has 5 aliphatic rings. The number of hydrogen-bond donors (Lipinski definition) is 1. The summed E-state index contributed by atoms with van der Waals surface area (Å²) in [5, 5.41) is 10.6. The van der Waals surface area contributed by atoms with Gasteiger partial charge in [0.05, 0.1) is 6.10 Å². The lowest BCUT2D eigenvalue weighted by atomic mass is 9.31. The van der Waals surface area contributed by atoms with Gasteiger partial charge in [-0.2, -0.15) is 0 Å². The van der Waals surface area contributed by atoms with Gasteiger partial charge < -0.3 is 5.11 Å². The topological polar surface area (TPSA) is 20.2 Å². The molecule has 0 aromatic rings. The third-order valence-electron chi connectivity index (χ3n) is 8.17. The highest BCUT2D eigenvalue weighted by molar-refractivity contribution is 5.23. The zero-order valence-corrected chi connectivity index (χ0v) is 13.3. The monoisotopic (exact) mass is 274 g/mol. The van der Waals surface area contributed by atoms with Crippen LogP contribution < -0.4 is 0 Å². The summed E-state index contributed by atoms with van der Waals surface area (Å²) in [6.07, 6.45) is 6.61. The molecule has 5 saturated carbocycles. The van der Waals surface area contributed by atoms with Crippen LogP contribution in [0.15, 0.2) is 12.2 Å². The predicted molar refractivity (Wildman–Crippen MR) is 82.1 cm³/mol. The fourth-order valence-corrected chi connectivity index (χ4v) is 7.19. The van der Waals surface area contributed by atoms with Gasteiger partial charge in [0.25, 0.3) is 0 Å². The highest BCUT2D eigenvalue weighted by Crippen LogP contribution is 2.78. The van der Waals surface area contributed by atoms with Crippen molar-refractivity contribution in [3.63, 3.8) is 0 Å². The average molecular weight is 274 g/mol. The maximum atomic E-state index is 10.6. The molecule has 0 radical (unpaired) electrons. The molecule has 1 heteroatoms. The minimum absolute atomic E-state index is 0.00245. The first-order valence-electron chi connectivity index (χ1n) is 8.80. The Balaban J connectivity index is 1.68. The number of fused-ring (bicyclic) bond motifs is 4. The quantitative estimate of drug-likeness (QED) is 0.708. The molecule has 9 atom stereocenters. The number of aliphatic hydroxyl groups is 1. The van der Waals surface area contributed by atoms with Crippen LogP contribution in [-0.2, 0) is 0 Å². The van der Waals surface area contributed by atoms with E-state index >= 15 is 0 Å². The molecule has 0 heterocycles. The van der Waals surface area contributed by atoms with E-state index < -0.39 is 0 Å². The van der Waals surface area contributed by atoms with E-state index in [1.807, 2.05) is 0 Å². The lowest BCUT2D eigenvalue weighted by molar-refractivity contribution is -0.268. The van der Waals surface area contributed by atoms with Crippen LogP contribution in [0.4, 0.5) is 0 Å². The van der Waals surface area contributed by atoms with Crippen molar-refractivity contribution in [1.29, 1.82) is 0 Å². The van der Waals surface area contributed by atoms with Crippen LogP contribution in [0.1, 0.15) is 52.9 Å². The van der Waals surface area contributed by atoms with E-state index in [4.69, 9.17) is 0 Å². The van der Waals surface area contributed by atoms with Gasteiger partial charge in [0, 0.05) is 0 Å². The van der Waals surface area contributed by atoms with Gasteiger partial charge in [-0.15, -0.1) is 0 Å². The number of rotatable bonds is 1. The molecule has 0 amide bonds. The van der Waals surface area contributed by atoms with Crippen LogP contribution in [0.5, 0.6) is 0 Å². The second-order valence-electron chi connectivity index (χ2n) is 8.71. The Morgan fingerprint density at radius 3 is 2.60 bits per heavy atom. The van der Waals surface area contributed by atoms with Crippen LogP contribution in [0.25, 0.3) is 0 Å². The molecule has 20 heavy (non-hydrogen) atoms. The highest BCUT2D eigenvalue weighted by atomic mass is 16.3. The number of allylic oxidation sites excluding steroid dienone is 1. The summed E-state index contributed by atoms with van der Waals surface area (Å²) in [5.74, 6) is 5.62. The van der Waals surface area contributed by atoms with Gasteiger partial charge in [0.1, 0.15) is 0 Å². The van der Waals surface area contributed by atoms with Crippen molar-refractivity contribution < 1.29 is 5.11 Å². The van der Waals surface area contributed by atoms with Gasteiger partial charge in [-0.25, -0.2) is 0 Å².